The van der Waals surface area contributed by atoms with Gasteiger partial charge in [-0.15, -0.1) is 0 Å². The summed E-state index contributed by atoms with van der Waals surface area (Å²) < 4.78 is 4.90. The van der Waals surface area contributed by atoms with E-state index in [0.29, 0.717) is 24.6 Å². The number of hydrogen-bond acceptors (Lipinski definition) is 4. The number of likely N-dealkylation sites (tertiary alicyclic amines) is 1. The minimum atomic E-state index is -0.676. The highest BCUT2D eigenvalue weighted by Gasteiger charge is 2.49. The van der Waals surface area contributed by atoms with Gasteiger partial charge in [0.25, 0.3) is 5.91 Å². The number of nitrogens with one attached hydrogen (secondary N) is 1. The highest BCUT2D eigenvalue weighted by molar-refractivity contribution is 6.19. The third kappa shape index (κ3) is 3.11. The molecule has 2 aliphatic heterocycles. The molecule has 7 heteroatoms. The zero-order valence-corrected chi connectivity index (χ0v) is 14.7. The molecule has 2 heterocycles. The molecule has 0 unspecified atom stereocenters. The Balaban J connectivity index is 1.87. The molecular formula is C18H23N3O4. The Labute approximate surface area is 146 Å². The maximum atomic E-state index is 13.0. The summed E-state index contributed by atoms with van der Waals surface area (Å²) in [5, 5.41) is 2.85. The van der Waals surface area contributed by atoms with E-state index < -0.39 is 12.1 Å². The largest absolute Gasteiger partial charge is 0.375 e. The summed E-state index contributed by atoms with van der Waals surface area (Å²) in [6.45, 7) is 4.52. The van der Waals surface area contributed by atoms with Crippen molar-refractivity contribution in [2.75, 3.05) is 25.2 Å². The van der Waals surface area contributed by atoms with Crippen LogP contribution in [0.3, 0.4) is 0 Å². The van der Waals surface area contributed by atoms with Crippen LogP contribution in [-0.4, -0.2) is 55.1 Å². The van der Waals surface area contributed by atoms with E-state index in [9.17, 15) is 14.4 Å². The van der Waals surface area contributed by atoms with Crippen LogP contribution in [0.5, 0.6) is 0 Å². The molecule has 7 nitrogen and oxygen atoms in total. The average molecular weight is 345 g/mol. The Morgan fingerprint density at radius 3 is 2.56 bits per heavy atom. The second-order valence-electron chi connectivity index (χ2n) is 6.73. The van der Waals surface area contributed by atoms with Crippen molar-refractivity contribution < 1.29 is 19.1 Å². The minimum Gasteiger partial charge on any atom is -0.375 e. The summed E-state index contributed by atoms with van der Waals surface area (Å²) in [4.78, 5) is 40.3. The maximum Gasteiger partial charge on any atom is 0.329 e. The first-order chi connectivity index (χ1) is 11.9. The van der Waals surface area contributed by atoms with E-state index in [0.717, 1.165) is 10.5 Å². The SMILES string of the molecule is COCC(=O)N1CC[C@H]2NC(=O)N(c3ccc(C(C)C)cc3)C(=O)[C@@H]21. The first-order valence-corrected chi connectivity index (χ1v) is 8.47. The molecule has 2 atom stereocenters. The van der Waals surface area contributed by atoms with Crippen LogP contribution in [0.4, 0.5) is 10.5 Å². The smallest absolute Gasteiger partial charge is 0.329 e. The number of fused-ring (bicyclic) bond motifs is 1. The second kappa shape index (κ2) is 6.84. The number of hydrogen-bond donors (Lipinski definition) is 1. The molecule has 0 aromatic heterocycles. The molecule has 0 bridgehead atoms. The lowest BCUT2D eigenvalue weighted by Crippen LogP contribution is -2.65. The van der Waals surface area contributed by atoms with E-state index in [1.807, 2.05) is 12.1 Å². The van der Waals surface area contributed by atoms with Gasteiger partial charge >= 0.3 is 6.03 Å². The number of methoxy groups -OCH3 is 1. The predicted molar refractivity (Wildman–Crippen MR) is 92.3 cm³/mol. The van der Waals surface area contributed by atoms with Crippen LogP contribution in [-0.2, 0) is 14.3 Å². The quantitative estimate of drug-likeness (QED) is 0.896. The van der Waals surface area contributed by atoms with E-state index in [2.05, 4.69) is 19.2 Å². The molecule has 0 radical (unpaired) electrons. The Morgan fingerprint density at radius 2 is 1.96 bits per heavy atom. The summed E-state index contributed by atoms with van der Waals surface area (Å²) >= 11 is 0. The molecular weight excluding hydrogens is 322 g/mol. The van der Waals surface area contributed by atoms with Gasteiger partial charge in [-0.05, 0) is 30.0 Å². The van der Waals surface area contributed by atoms with E-state index >= 15 is 0 Å². The third-order valence-electron chi connectivity index (χ3n) is 4.79. The van der Waals surface area contributed by atoms with Gasteiger partial charge in [0.2, 0.25) is 5.91 Å². The fraction of sp³-hybridized carbons (Fsp3) is 0.500. The van der Waals surface area contributed by atoms with Crippen molar-refractivity contribution >= 4 is 23.5 Å². The topological polar surface area (TPSA) is 79.0 Å². The Morgan fingerprint density at radius 1 is 1.28 bits per heavy atom. The fourth-order valence-electron chi connectivity index (χ4n) is 3.44. The van der Waals surface area contributed by atoms with Crippen molar-refractivity contribution in [3.63, 3.8) is 0 Å². The van der Waals surface area contributed by atoms with E-state index in [4.69, 9.17) is 4.74 Å². The molecule has 4 amide bonds. The molecule has 134 valence electrons. The lowest BCUT2D eigenvalue weighted by atomic mass is 10.0. The summed E-state index contributed by atoms with van der Waals surface area (Å²) in [7, 11) is 1.44. The van der Waals surface area contributed by atoms with Crippen LogP contribution in [0, 0.1) is 0 Å². The number of anilines is 1. The normalized spacial score (nSPS) is 23.0. The highest BCUT2D eigenvalue weighted by atomic mass is 16.5. The number of imide groups is 1. The van der Waals surface area contributed by atoms with Gasteiger partial charge in [0, 0.05) is 13.7 Å². The molecule has 0 aliphatic carbocycles. The van der Waals surface area contributed by atoms with Gasteiger partial charge in [-0.1, -0.05) is 26.0 Å². The zero-order chi connectivity index (χ0) is 18.1. The van der Waals surface area contributed by atoms with Crippen LogP contribution in [0.1, 0.15) is 31.7 Å². The summed E-state index contributed by atoms with van der Waals surface area (Å²) in [5.74, 6) is -0.246. The van der Waals surface area contributed by atoms with Gasteiger partial charge in [-0.2, -0.15) is 0 Å². The van der Waals surface area contributed by atoms with Crippen LogP contribution in [0.25, 0.3) is 0 Å². The first-order valence-electron chi connectivity index (χ1n) is 8.47. The highest BCUT2D eigenvalue weighted by Crippen LogP contribution is 2.28. The number of ether oxygens (including phenoxy) is 1. The van der Waals surface area contributed by atoms with Crippen molar-refractivity contribution in [2.24, 2.45) is 0 Å². The number of nitrogens with zero attached hydrogens (tertiary/aromatic N) is 2. The third-order valence-corrected chi connectivity index (χ3v) is 4.79. The molecule has 2 aliphatic rings. The van der Waals surface area contributed by atoms with Crippen molar-refractivity contribution in [3.8, 4) is 0 Å². The van der Waals surface area contributed by atoms with Gasteiger partial charge in [0.15, 0.2) is 0 Å². The zero-order valence-electron chi connectivity index (χ0n) is 14.7. The lowest BCUT2D eigenvalue weighted by molar-refractivity contribution is -0.140. The van der Waals surface area contributed by atoms with E-state index in [1.54, 1.807) is 12.1 Å². The van der Waals surface area contributed by atoms with E-state index in [1.165, 1.54) is 12.0 Å². The number of rotatable bonds is 4. The predicted octanol–water partition coefficient (Wildman–Crippen LogP) is 1.48. The van der Waals surface area contributed by atoms with Crippen molar-refractivity contribution in [2.45, 2.75) is 38.3 Å². The number of carbonyl (C=O) groups is 3. The summed E-state index contributed by atoms with van der Waals surface area (Å²) in [5.41, 5.74) is 1.64. The monoisotopic (exact) mass is 345 g/mol. The molecule has 2 fully saturated rings. The maximum absolute atomic E-state index is 13.0. The molecule has 1 aromatic rings. The van der Waals surface area contributed by atoms with Crippen molar-refractivity contribution in [1.82, 2.24) is 10.2 Å². The molecule has 1 N–H and O–H groups in total. The molecule has 0 spiro atoms. The summed E-state index contributed by atoms with van der Waals surface area (Å²) in [6.07, 6.45) is 0.567. The van der Waals surface area contributed by atoms with Crippen LogP contribution in [0.15, 0.2) is 24.3 Å². The molecule has 25 heavy (non-hydrogen) atoms. The first kappa shape index (κ1) is 17.4. The number of amides is 4. The van der Waals surface area contributed by atoms with Crippen LogP contribution < -0.4 is 10.2 Å². The molecule has 3 rings (SSSR count). The Kier molecular flexibility index (Phi) is 4.76. The van der Waals surface area contributed by atoms with Gasteiger partial charge in [-0.25, -0.2) is 9.69 Å². The van der Waals surface area contributed by atoms with Crippen LogP contribution in [0.2, 0.25) is 0 Å². The van der Waals surface area contributed by atoms with Gasteiger partial charge < -0.3 is 15.0 Å². The van der Waals surface area contributed by atoms with E-state index in [-0.39, 0.29) is 24.5 Å². The average Bonchev–Trinajstić information content (AvgIpc) is 2.99. The fourth-order valence-corrected chi connectivity index (χ4v) is 3.44. The molecule has 0 saturated carbocycles. The van der Waals surface area contributed by atoms with Gasteiger partial charge in [0.05, 0.1) is 11.7 Å². The Bertz CT molecular complexity index is 686. The number of benzene rings is 1. The number of urea groups is 1. The Hall–Kier alpha value is -2.41. The van der Waals surface area contributed by atoms with Gasteiger partial charge in [-0.3, -0.25) is 9.59 Å². The number of carbonyl (C=O) groups excluding carboxylic acids is 3. The minimum absolute atomic E-state index is 0.0759. The summed E-state index contributed by atoms with van der Waals surface area (Å²) in [6, 6.07) is 5.90. The van der Waals surface area contributed by atoms with Crippen molar-refractivity contribution in [1.29, 1.82) is 0 Å². The van der Waals surface area contributed by atoms with Crippen LogP contribution >= 0.6 is 0 Å². The molecule has 2 saturated heterocycles. The molecule has 1 aromatic carbocycles. The van der Waals surface area contributed by atoms with Gasteiger partial charge in [0.1, 0.15) is 12.6 Å². The lowest BCUT2D eigenvalue weighted by Gasteiger charge is -2.36. The van der Waals surface area contributed by atoms with Crippen molar-refractivity contribution in [3.05, 3.63) is 29.8 Å². The second-order valence-corrected chi connectivity index (χ2v) is 6.73. The standard InChI is InChI=1S/C18H23N3O4/c1-11(2)12-4-6-13(7-5-12)21-17(23)16-14(19-18(21)24)8-9-20(16)15(22)10-25-3/h4-7,11,14,16H,8-10H2,1-3H3,(H,19,24)/t14-,16-/m1/s1.